The maximum atomic E-state index is 11.7. The first kappa shape index (κ1) is 17.8. The smallest absolute Gasteiger partial charge is 0.262 e. The number of carbonyl (C=O) groups is 2. The van der Waals surface area contributed by atoms with Gasteiger partial charge >= 0.3 is 0 Å². The molecule has 0 unspecified atom stereocenters. The summed E-state index contributed by atoms with van der Waals surface area (Å²) in [6.45, 7) is 0. The van der Waals surface area contributed by atoms with E-state index < -0.39 is 11.8 Å². The Hall–Kier alpha value is -2.56. The lowest BCUT2D eigenvalue weighted by Crippen LogP contribution is -2.39. The van der Waals surface area contributed by atoms with Crippen LogP contribution >= 0.6 is 23.2 Å². The van der Waals surface area contributed by atoms with Crippen molar-refractivity contribution in [3.8, 4) is 0 Å². The number of benzene rings is 2. The summed E-state index contributed by atoms with van der Waals surface area (Å²) in [5, 5.41) is 0.945. The predicted octanol–water partition coefficient (Wildman–Crippen LogP) is 3.87. The Morgan fingerprint density at radius 1 is 0.833 bits per heavy atom. The molecular weight excluding hydrogens is 347 g/mol. The molecule has 0 aliphatic carbocycles. The molecule has 0 spiro atoms. The summed E-state index contributed by atoms with van der Waals surface area (Å²) in [5.74, 6) is -0.924. The average molecular weight is 361 g/mol. The lowest BCUT2D eigenvalue weighted by atomic mass is 10.2. The number of hydrazine groups is 1. The largest absolute Gasteiger partial charge is 0.268 e. The van der Waals surface area contributed by atoms with Crippen LogP contribution in [0.3, 0.4) is 0 Å². The molecule has 2 rings (SSSR count). The summed E-state index contributed by atoms with van der Waals surface area (Å²) in [6.07, 6.45) is 5.76. The van der Waals surface area contributed by atoms with Crippen LogP contribution in [0.2, 0.25) is 10.0 Å². The topological polar surface area (TPSA) is 58.2 Å². The van der Waals surface area contributed by atoms with Gasteiger partial charge in [0.1, 0.15) is 0 Å². The van der Waals surface area contributed by atoms with Gasteiger partial charge in [0.15, 0.2) is 0 Å². The van der Waals surface area contributed by atoms with Crippen molar-refractivity contribution in [2.75, 3.05) is 0 Å². The summed E-state index contributed by atoms with van der Waals surface area (Å²) < 4.78 is 0. The number of nitrogens with one attached hydrogen (secondary N) is 2. The quantitative estimate of drug-likeness (QED) is 0.642. The zero-order chi connectivity index (χ0) is 17.4. The Morgan fingerprint density at radius 3 is 2.08 bits per heavy atom. The van der Waals surface area contributed by atoms with Crippen LogP contribution in [0, 0.1) is 0 Å². The number of halogens is 2. The van der Waals surface area contributed by atoms with E-state index in [-0.39, 0.29) is 0 Å². The van der Waals surface area contributed by atoms with Gasteiger partial charge in [-0.2, -0.15) is 0 Å². The second-order valence-corrected chi connectivity index (χ2v) is 5.57. The van der Waals surface area contributed by atoms with Crippen molar-refractivity contribution in [3.05, 3.63) is 81.9 Å². The van der Waals surface area contributed by atoms with E-state index in [1.807, 2.05) is 30.3 Å². The molecule has 122 valence electrons. The van der Waals surface area contributed by atoms with Crippen LogP contribution in [-0.2, 0) is 9.59 Å². The molecule has 0 fully saturated rings. The predicted molar refractivity (Wildman–Crippen MR) is 97.3 cm³/mol. The molecule has 0 aliphatic rings. The minimum absolute atomic E-state index is 0.432. The zero-order valence-corrected chi connectivity index (χ0v) is 14.0. The van der Waals surface area contributed by atoms with Gasteiger partial charge in [-0.1, -0.05) is 59.6 Å². The van der Waals surface area contributed by atoms with Crippen molar-refractivity contribution in [2.45, 2.75) is 0 Å². The number of amides is 2. The molecule has 0 aromatic heterocycles. The first-order chi connectivity index (χ1) is 11.5. The molecule has 6 heteroatoms. The highest BCUT2D eigenvalue weighted by atomic mass is 35.5. The molecule has 0 radical (unpaired) electrons. The van der Waals surface area contributed by atoms with Crippen molar-refractivity contribution in [1.82, 2.24) is 10.9 Å². The molecular formula is C18H14Cl2N2O2. The van der Waals surface area contributed by atoms with E-state index in [0.29, 0.717) is 15.6 Å². The monoisotopic (exact) mass is 360 g/mol. The van der Waals surface area contributed by atoms with Gasteiger partial charge in [-0.25, -0.2) is 0 Å². The molecule has 0 atom stereocenters. The molecule has 24 heavy (non-hydrogen) atoms. The van der Waals surface area contributed by atoms with Crippen LogP contribution in [0.4, 0.5) is 0 Å². The van der Waals surface area contributed by atoms with Gasteiger partial charge in [-0.05, 0) is 35.4 Å². The normalized spacial score (nSPS) is 10.9. The molecule has 2 amide bonds. The molecule has 0 bridgehead atoms. The van der Waals surface area contributed by atoms with Gasteiger partial charge in [0.05, 0.1) is 0 Å². The molecule has 0 saturated heterocycles. The SMILES string of the molecule is O=C(C=Cc1ccccc1)NNC(=O)/C=C/c1ccc(Cl)cc1Cl. The van der Waals surface area contributed by atoms with E-state index >= 15 is 0 Å². The highest BCUT2D eigenvalue weighted by Crippen LogP contribution is 2.21. The number of hydrogen-bond acceptors (Lipinski definition) is 2. The third-order valence-electron chi connectivity index (χ3n) is 2.91. The Morgan fingerprint density at radius 2 is 1.46 bits per heavy atom. The maximum absolute atomic E-state index is 11.7. The van der Waals surface area contributed by atoms with Gasteiger partial charge in [-0.3, -0.25) is 20.4 Å². The second-order valence-electron chi connectivity index (χ2n) is 4.72. The maximum Gasteiger partial charge on any atom is 0.262 e. The summed E-state index contributed by atoms with van der Waals surface area (Å²) in [4.78, 5) is 23.3. The third-order valence-corrected chi connectivity index (χ3v) is 3.47. The lowest BCUT2D eigenvalue weighted by molar-refractivity contribution is -0.123. The molecule has 4 nitrogen and oxygen atoms in total. The van der Waals surface area contributed by atoms with Crippen molar-refractivity contribution < 1.29 is 9.59 Å². The Kier molecular flexibility index (Phi) is 6.61. The number of rotatable bonds is 4. The van der Waals surface area contributed by atoms with E-state index in [1.54, 1.807) is 24.3 Å². The van der Waals surface area contributed by atoms with E-state index in [2.05, 4.69) is 10.9 Å². The van der Waals surface area contributed by atoms with Crippen LogP contribution in [-0.4, -0.2) is 11.8 Å². The minimum Gasteiger partial charge on any atom is -0.268 e. The lowest BCUT2D eigenvalue weighted by Gasteiger charge is -2.02. The van der Waals surface area contributed by atoms with Crippen molar-refractivity contribution >= 4 is 47.2 Å². The first-order valence-electron chi connectivity index (χ1n) is 7.01. The van der Waals surface area contributed by atoms with Crippen LogP contribution in [0.1, 0.15) is 11.1 Å². The number of hydrogen-bond donors (Lipinski definition) is 2. The van der Waals surface area contributed by atoms with Crippen molar-refractivity contribution in [1.29, 1.82) is 0 Å². The van der Waals surface area contributed by atoms with Crippen LogP contribution in [0.15, 0.2) is 60.7 Å². The van der Waals surface area contributed by atoms with E-state index in [0.717, 1.165) is 5.56 Å². The van der Waals surface area contributed by atoms with Gasteiger partial charge in [-0.15, -0.1) is 0 Å². The fraction of sp³-hybridized carbons (Fsp3) is 0. The van der Waals surface area contributed by atoms with Gasteiger partial charge < -0.3 is 0 Å². The summed E-state index contributed by atoms with van der Waals surface area (Å²) in [5.41, 5.74) is 6.09. The van der Waals surface area contributed by atoms with E-state index in [9.17, 15) is 9.59 Å². The molecule has 2 aromatic carbocycles. The average Bonchev–Trinajstić information content (AvgIpc) is 2.58. The van der Waals surface area contributed by atoms with Crippen LogP contribution < -0.4 is 10.9 Å². The highest BCUT2D eigenvalue weighted by molar-refractivity contribution is 6.35. The number of carbonyl (C=O) groups excluding carboxylic acids is 2. The first-order valence-corrected chi connectivity index (χ1v) is 7.76. The van der Waals surface area contributed by atoms with Gasteiger partial charge in [0, 0.05) is 22.2 Å². The fourth-order valence-electron chi connectivity index (χ4n) is 1.74. The summed E-state index contributed by atoms with van der Waals surface area (Å²) in [6, 6.07) is 14.3. The Bertz CT molecular complexity index is 787. The van der Waals surface area contributed by atoms with Crippen molar-refractivity contribution in [3.63, 3.8) is 0 Å². The molecule has 0 saturated carbocycles. The van der Waals surface area contributed by atoms with Crippen molar-refractivity contribution in [2.24, 2.45) is 0 Å². The summed E-state index contributed by atoms with van der Waals surface area (Å²) in [7, 11) is 0. The van der Waals surface area contributed by atoms with E-state index in [4.69, 9.17) is 23.2 Å². The second kappa shape index (κ2) is 8.91. The third kappa shape index (κ3) is 5.91. The van der Waals surface area contributed by atoms with Crippen LogP contribution in [0.25, 0.3) is 12.2 Å². The minimum atomic E-state index is -0.484. The highest BCUT2D eigenvalue weighted by Gasteiger charge is 2.00. The standard InChI is InChI=1S/C18H14Cl2N2O2/c19-15-9-7-14(16(20)12-15)8-11-18(24)22-21-17(23)10-6-13-4-2-1-3-5-13/h1-12H,(H,21,23)(H,22,24)/b10-6?,11-8+. The molecule has 0 heterocycles. The van der Waals surface area contributed by atoms with E-state index in [1.165, 1.54) is 18.2 Å². The van der Waals surface area contributed by atoms with Gasteiger partial charge in [0.25, 0.3) is 11.8 Å². The zero-order valence-electron chi connectivity index (χ0n) is 12.5. The summed E-state index contributed by atoms with van der Waals surface area (Å²) >= 11 is 11.8. The molecule has 2 N–H and O–H groups in total. The molecule has 0 aliphatic heterocycles. The fourth-order valence-corrected chi connectivity index (χ4v) is 2.22. The molecule has 2 aromatic rings. The Balaban J connectivity index is 1.83. The van der Waals surface area contributed by atoms with Crippen LogP contribution in [0.5, 0.6) is 0 Å². The Labute approximate surface area is 149 Å². The van der Waals surface area contributed by atoms with Gasteiger partial charge in [0.2, 0.25) is 0 Å².